The molecule has 5 saturated carbocycles. The number of carboxylic acids is 1. The molecule has 0 aliphatic heterocycles. The average Bonchev–Trinajstić information content (AvgIpc) is 3.87. The number of Topliss-reactive ketones (excluding diaryl/α,β-unsaturated/α-hetero) is 1. The summed E-state index contributed by atoms with van der Waals surface area (Å²) in [5, 5.41) is 9.67. The minimum Gasteiger partial charge on any atom is -0.481 e. The third-order valence-corrected chi connectivity index (χ3v) is 18.1. The van der Waals surface area contributed by atoms with Gasteiger partial charge in [0.05, 0.1) is 23.1 Å². The lowest BCUT2D eigenvalue weighted by Crippen LogP contribution is -2.65. The van der Waals surface area contributed by atoms with Crippen LogP contribution in [0.3, 0.4) is 0 Å². The first-order valence-corrected chi connectivity index (χ1v) is 22.6. The van der Waals surface area contributed by atoms with E-state index in [9.17, 15) is 19.5 Å². The van der Waals surface area contributed by atoms with E-state index < -0.39 is 17.4 Å². The first-order chi connectivity index (χ1) is 26.6. The van der Waals surface area contributed by atoms with Gasteiger partial charge in [0.1, 0.15) is 6.10 Å². The Labute approximate surface area is 351 Å². The SMILES string of the molecule is C.CC(C)C1=C2[C@H]3CC[C@@H]4[C@@]5(C)CC[C@H](OC(=O)CC(C)(C)C(=O)O)C(C)(C)[C@@H]5CC[C@@]4(C)[C@]3(C)CC[C@@]2(CCN(CCN(C)C)C2(c3ccccn3)CC2)CC1=O. The summed E-state index contributed by atoms with van der Waals surface area (Å²) < 4.78 is 6.22. The summed E-state index contributed by atoms with van der Waals surface area (Å²) in [6, 6.07) is 6.38. The monoisotopic (exact) mass is 802 g/mol. The fraction of sp³-hybridized carbons (Fsp3) is 0.800. The summed E-state index contributed by atoms with van der Waals surface area (Å²) in [6.07, 6.45) is 14.3. The Morgan fingerprint density at radius 1 is 0.897 bits per heavy atom. The predicted octanol–water partition coefficient (Wildman–Crippen LogP) is 10.4. The van der Waals surface area contributed by atoms with Crippen LogP contribution in [-0.4, -0.2) is 77.4 Å². The highest BCUT2D eigenvalue weighted by atomic mass is 16.5. The van der Waals surface area contributed by atoms with Crippen molar-refractivity contribution in [2.45, 2.75) is 165 Å². The van der Waals surface area contributed by atoms with E-state index in [-0.39, 0.29) is 58.5 Å². The molecule has 0 saturated heterocycles. The summed E-state index contributed by atoms with van der Waals surface area (Å²) in [5.41, 5.74) is 2.85. The lowest BCUT2D eigenvalue weighted by atomic mass is 9.33. The minimum absolute atomic E-state index is 0. The number of aromatic nitrogens is 1. The number of hydrogen-bond acceptors (Lipinski definition) is 7. The second-order valence-corrected chi connectivity index (χ2v) is 22.5. The molecule has 8 nitrogen and oxygen atoms in total. The number of rotatable bonds is 13. The van der Waals surface area contributed by atoms with Crippen LogP contribution >= 0.6 is 0 Å². The quantitative estimate of drug-likeness (QED) is 0.197. The molecule has 0 radical (unpaired) electrons. The van der Waals surface area contributed by atoms with E-state index >= 15 is 0 Å². The number of ether oxygens (including phenoxy) is 1. The second kappa shape index (κ2) is 15.4. The number of carbonyl (C=O) groups is 3. The van der Waals surface area contributed by atoms with Gasteiger partial charge in [-0.25, -0.2) is 0 Å². The topological polar surface area (TPSA) is 100 Å². The summed E-state index contributed by atoms with van der Waals surface area (Å²) in [5.74, 6) is 0.648. The van der Waals surface area contributed by atoms with E-state index in [0.717, 1.165) is 77.4 Å². The molecule has 0 unspecified atom stereocenters. The van der Waals surface area contributed by atoms with Crippen molar-refractivity contribution in [1.29, 1.82) is 0 Å². The van der Waals surface area contributed by atoms with E-state index in [4.69, 9.17) is 9.72 Å². The molecule has 58 heavy (non-hydrogen) atoms. The molecule has 6 aliphatic rings. The fourth-order valence-corrected chi connectivity index (χ4v) is 14.6. The molecule has 8 atom stereocenters. The van der Waals surface area contributed by atoms with Gasteiger partial charge in [0.15, 0.2) is 5.78 Å². The van der Waals surface area contributed by atoms with Crippen molar-refractivity contribution >= 4 is 17.7 Å². The van der Waals surface area contributed by atoms with Gasteiger partial charge < -0.3 is 14.7 Å². The number of carbonyl (C=O) groups excluding carboxylic acids is 2. The van der Waals surface area contributed by atoms with Crippen LogP contribution in [0.4, 0.5) is 0 Å². The number of hydrogen-bond donors (Lipinski definition) is 1. The molecule has 324 valence electrons. The highest BCUT2D eigenvalue weighted by Gasteiger charge is 2.70. The number of fused-ring (bicyclic) bond motifs is 7. The highest BCUT2D eigenvalue weighted by Crippen LogP contribution is 2.77. The Morgan fingerprint density at radius 3 is 2.21 bits per heavy atom. The van der Waals surface area contributed by atoms with Crippen LogP contribution in [0.25, 0.3) is 0 Å². The molecule has 6 aliphatic carbocycles. The zero-order chi connectivity index (χ0) is 41.6. The van der Waals surface area contributed by atoms with Crippen LogP contribution in [0.2, 0.25) is 0 Å². The summed E-state index contributed by atoms with van der Waals surface area (Å²) in [6.45, 7) is 23.2. The van der Waals surface area contributed by atoms with Gasteiger partial charge in [-0.1, -0.05) is 67.5 Å². The van der Waals surface area contributed by atoms with Gasteiger partial charge >= 0.3 is 11.9 Å². The number of ketones is 1. The molecule has 1 aromatic rings. The zero-order valence-corrected chi connectivity index (χ0v) is 37.4. The van der Waals surface area contributed by atoms with Gasteiger partial charge in [-0.05, 0) is 163 Å². The third kappa shape index (κ3) is 7.04. The maximum absolute atomic E-state index is 14.4. The first-order valence-electron chi connectivity index (χ1n) is 22.6. The van der Waals surface area contributed by atoms with Crippen molar-refractivity contribution in [3.8, 4) is 0 Å². The van der Waals surface area contributed by atoms with Crippen molar-refractivity contribution in [1.82, 2.24) is 14.8 Å². The predicted molar refractivity (Wildman–Crippen MR) is 232 cm³/mol. The summed E-state index contributed by atoms with van der Waals surface area (Å²) in [7, 11) is 4.34. The third-order valence-electron chi connectivity index (χ3n) is 18.1. The number of allylic oxidation sites excluding steroid dienone is 2. The molecule has 0 spiro atoms. The molecule has 5 fully saturated rings. The van der Waals surface area contributed by atoms with Crippen LogP contribution in [-0.2, 0) is 24.7 Å². The highest BCUT2D eigenvalue weighted by molar-refractivity contribution is 6.00. The number of likely N-dealkylation sites (N-methyl/N-ethyl adjacent to an activating group) is 1. The lowest BCUT2D eigenvalue weighted by molar-refractivity contribution is -0.233. The number of carboxylic acid groups (broad SMARTS) is 1. The number of nitrogens with zero attached hydrogens (tertiary/aromatic N) is 3. The van der Waals surface area contributed by atoms with Gasteiger partial charge in [0, 0.05) is 36.5 Å². The van der Waals surface area contributed by atoms with Gasteiger partial charge in [-0.2, -0.15) is 0 Å². The average molecular weight is 802 g/mol. The van der Waals surface area contributed by atoms with Crippen molar-refractivity contribution in [2.24, 2.45) is 56.2 Å². The maximum Gasteiger partial charge on any atom is 0.309 e. The molecule has 1 N–H and O–H groups in total. The largest absolute Gasteiger partial charge is 0.481 e. The Morgan fingerprint density at radius 2 is 1.60 bits per heavy atom. The van der Waals surface area contributed by atoms with Crippen molar-refractivity contribution < 1.29 is 24.2 Å². The molecule has 7 rings (SSSR count). The van der Waals surface area contributed by atoms with Crippen molar-refractivity contribution in [3.63, 3.8) is 0 Å². The smallest absolute Gasteiger partial charge is 0.309 e. The Balaban J connectivity index is 0.00000567. The molecule has 0 aromatic carbocycles. The number of aliphatic carboxylic acids is 1. The molecule has 0 amide bonds. The van der Waals surface area contributed by atoms with Crippen LogP contribution in [0, 0.1) is 56.2 Å². The van der Waals surface area contributed by atoms with Gasteiger partial charge in [-0.3, -0.25) is 24.3 Å². The van der Waals surface area contributed by atoms with Gasteiger partial charge in [0.2, 0.25) is 0 Å². The van der Waals surface area contributed by atoms with Crippen molar-refractivity contribution in [3.05, 3.63) is 41.2 Å². The first kappa shape index (κ1) is 45.0. The lowest BCUT2D eigenvalue weighted by Gasteiger charge is -2.72. The molecule has 0 bridgehead atoms. The Kier molecular flexibility index (Phi) is 11.9. The summed E-state index contributed by atoms with van der Waals surface area (Å²) in [4.78, 5) is 49.3. The fourth-order valence-electron chi connectivity index (χ4n) is 14.6. The zero-order valence-electron chi connectivity index (χ0n) is 37.4. The Bertz CT molecular complexity index is 1760. The molecule has 1 heterocycles. The normalized spacial score (nSPS) is 36.1. The van der Waals surface area contributed by atoms with Crippen molar-refractivity contribution in [2.75, 3.05) is 33.7 Å². The second-order valence-electron chi connectivity index (χ2n) is 22.5. The van der Waals surface area contributed by atoms with E-state index in [1.807, 2.05) is 12.3 Å². The minimum atomic E-state index is -1.15. The van der Waals surface area contributed by atoms with Gasteiger partial charge in [-0.15, -0.1) is 0 Å². The number of esters is 1. The van der Waals surface area contributed by atoms with E-state index in [2.05, 4.69) is 84.5 Å². The van der Waals surface area contributed by atoms with Crippen LogP contribution in [0.15, 0.2) is 35.5 Å². The van der Waals surface area contributed by atoms with E-state index in [0.29, 0.717) is 30.0 Å². The van der Waals surface area contributed by atoms with Crippen LogP contribution in [0.5, 0.6) is 0 Å². The van der Waals surface area contributed by atoms with E-state index in [1.165, 1.54) is 24.1 Å². The van der Waals surface area contributed by atoms with E-state index in [1.54, 1.807) is 19.4 Å². The molecular weight excluding hydrogens is 723 g/mol. The van der Waals surface area contributed by atoms with Gasteiger partial charge in [0.25, 0.3) is 0 Å². The van der Waals surface area contributed by atoms with Crippen LogP contribution < -0.4 is 0 Å². The Hall–Kier alpha value is -2.58. The maximum atomic E-state index is 14.4. The van der Waals surface area contributed by atoms with Crippen LogP contribution in [0.1, 0.15) is 159 Å². The molecular formula is C50H79N3O5. The number of pyridine rings is 1. The molecule has 1 aromatic heterocycles. The summed E-state index contributed by atoms with van der Waals surface area (Å²) >= 11 is 0. The standard InChI is InChI=1S/C49H75N3O5.CH4/c1-32(2)40-34(53)30-48(25-27-52(29-28-51(10)11)49(23-24-49)37-14-12-13-26-50-37)22-21-46(8)33(41(40)48)15-16-36-45(7)19-18-38(57-39(54)31-43(3,4)42(55)56)44(5,6)35(45)17-20-47(36,46)9;/h12-14,26,32-33,35-36,38H,15-25,27-31H2,1-11H3,(H,55,56);1H4/t33-,35+,36-,38+,45+,46-,47-,48-;/m1./s1. The molecule has 8 heteroatoms.